The summed E-state index contributed by atoms with van der Waals surface area (Å²) in [5.74, 6) is 1.04. The van der Waals surface area contributed by atoms with Crippen LogP contribution < -0.4 is 5.32 Å². The minimum atomic E-state index is -0.675. The van der Waals surface area contributed by atoms with Gasteiger partial charge in [0.05, 0.1) is 5.39 Å². The number of nitrogens with one attached hydrogen (secondary N) is 1. The second-order valence-electron chi connectivity index (χ2n) is 7.41. The summed E-state index contributed by atoms with van der Waals surface area (Å²) in [6.45, 7) is 0. The van der Waals surface area contributed by atoms with Crippen molar-refractivity contribution < 1.29 is 9.90 Å². The maximum Gasteiger partial charge on any atom is 0.303 e. The Morgan fingerprint density at radius 2 is 2.08 bits per heavy atom. The molecule has 2 aromatic heterocycles. The summed E-state index contributed by atoms with van der Waals surface area (Å²) in [6, 6.07) is 0.478. The first-order valence-electron chi connectivity index (χ1n) is 9.44. The molecule has 0 aliphatic heterocycles. The molecular formula is C19H25N3O2S. The first-order valence-corrected chi connectivity index (χ1v) is 10.3. The van der Waals surface area contributed by atoms with Gasteiger partial charge in [-0.05, 0) is 69.3 Å². The van der Waals surface area contributed by atoms with Gasteiger partial charge in [-0.15, -0.1) is 11.3 Å². The zero-order valence-corrected chi connectivity index (χ0v) is 15.3. The first-order chi connectivity index (χ1) is 12.2. The van der Waals surface area contributed by atoms with Gasteiger partial charge in [0.2, 0.25) is 0 Å². The van der Waals surface area contributed by atoms with Gasteiger partial charge in [-0.3, -0.25) is 4.79 Å². The zero-order chi connectivity index (χ0) is 17.2. The minimum Gasteiger partial charge on any atom is -0.481 e. The summed E-state index contributed by atoms with van der Waals surface area (Å²) >= 11 is 1.84. The number of hydrogen-bond donors (Lipinski definition) is 2. The molecule has 2 aromatic rings. The van der Waals surface area contributed by atoms with Crippen molar-refractivity contribution in [3.8, 4) is 0 Å². The quantitative estimate of drug-likeness (QED) is 0.799. The Balaban J connectivity index is 1.38. The largest absolute Gasteiger partial charge is 0.481 e. The second-order valence-corrected chi connectivity index (χ2v) is 8.49. The van der Waals surface area contributed by atoms with Crippen molar-refractivity contribution in [2.45, 2.75) is 70.3 Å². The Kier molecular flexibility index (Phi) is 4.88. The van der Waals surface area contributed by atoms with Gasteiger partial charge in [0.25, 0.3) is 0 Å². The van der Waals surface area contributed by atoms with E-state index in [1.165, 1.54) is 41.5 Å². The molecule has 2 aliphatic rings. The molecule has 134 valence electrons. The lowest BCUT2D eigenvalue weighted by Crippen LogP contribution is -2.26. The van der Waals surface area contributed by atoms with Crippen molar-refractivity contribution in [2.75, 3.05) is 5.32 Å². The number of anilines is 1. The van der Waals surface area contributed by atoms with Crippen molar-refractivity contribution in [1.29, 1.82) is 0 Å². The van der Waals surface area contributed by atoms with E-state index in [0.29, 0.717) is 18.4 Å². The van der Waals surface area contributed by atoms with Crippen LogP contribution in [0.4, 0.5) is 5.82 Å². The highest BCUT2D eigenvalue weighted by Gasteiger charge is 2.25. The number of carboxylic acids is 1. The van der Waals surface area contributed by atoms with Gasteiger partial charge < -0.3 is 10.4 Å². The topological polar surface area (TPSA) is 75.1 Å². The fraction of sp³-hybridized carbons (Fsp3) is 0.632. The van der Waals surface area contributed by atoms with Gasteiger partial charge in [-0.1, -0.05) is 0 Å². The summed E-state index contributed by atoms with van der Waals surface area (Å²) in [5, 5.41) is 13.7. The monoisotopic (exact) mass is 359 g/mol. The molecule has 0 unspecified atom stereocenters. The first kappa shape index (κ1) is 16.8. The molecule has 0 aromatic carbocycles. The van der Waals surface area contributed by atoms with Crippen LogP contribution in [-0.4, -0.2) is 27.1 Å². The molecule has 25 heavy (non-hydrogen) atoms. The molecular weight excluding hydrogens is 334 g/mol. The van der Waals surface area contributed by atoms with Crippen molar-refractivity contribution in [2.24, 2.45) is 5.92 Å². The molecule has 4 rings (SSSR count). The number of rotatable bonds is 6. The molecule has 6 heteroatoms. The van der Waals surface area contributed by atoms with Crippen molar-refractivity contribution in [3.63, 3.8) is 0 Å². The van der Waals surface area contributed by atoms with E-state index >= 15 is 0 Å². The molecule has 1 saturated carbocycles. The smallest absolute Gasteiger partial charge is 0.303 e. The molecule has 0 radical (unpaired) electrons. The molecule has 0 saturated heterocycles. The lowest BCUT2D eigenvalue weighted by Gasteiger charge is -2.29. The summed E-state index contributed by atoms with van der Waals surface area (Å²) in [6.07, 6.45) is 12.1. The Morgan fingerprint density at radius 3 is 2.88 bits per heavy atom. The number of aromatic nitrogens is 2. The third-order valence-electron chi connectivity index (χ3n) is 5.69. The third-order valence-corrected chi connectivity index (χ3v) is 6.89. The standard InChI is InChI=1S/C19H25N3O2S/c23-16(24)6-1-3-12-7-9-13(10-8-12)22-18-17-14-4-2-5-15(14)25-19(17)21-11-20-18/h11-13H,1-10H2,(H,23,24)(H,20,21,22). The molecule has 1 fully saturated rings. The van der Waals surface area contributed by atoms with E-state index in [-0.39, 0.29) is 0 Å². The van der Waals surface area contributed by atoms with E-state index in [1.54, 1.807) is 6.33 Å². The normalized spacial score (nSPS) is 22.9. The summed E-state index contributed by atoms with van der Waals surface area (Å²) < 4.78 is 0. The number of thiophene rings is 1. The summed E-state index contributed by atoms with van der Waals surface area (Å²) in [5.41, 5.74) is 1.48. The van der Waals surface area contributed by atoms with Crippen LogP contribution in [0.15, 0.2) is 6.33 Å². The highest BCUT2D eigenvalue weighted by atomic mass is 32.1. The van der Waals surface area contributed by atoms with E-state index < -0.39 is 5.97 Å². The van der Waals surface area contributed by atoms with Crippen LogP contribution in [0.2, 0.25) is 0 Å². The molecule has 2 aliphatic carbocycles. The van der Waals surface area contributed by atoms with Crippen LogP contribution in [-0.2, 0) is 17.6 Å². The maximum absolute atomic E-state index is 10.6. The van der Waals surface area contributed by atoms with Crippen molar-refractivity contribution >= 4 is 33.3 Å². The Hall–Kier alpha value is -1.69. The molecule has 0 amide bonds. The average Bonchev–Trinajstić information content (AvgIpc) is 3.17. The van der Waals surface area contributed by atoms with Crippen LogP contribution in [0, 0.1) is 5.92 Å². The van der Waals surface area contributed by atoms with Gasteiger partial charge in [0, 0.05) is 17.3 Å². The second kappa shape index (κ2) is 7.28. The molecule has 2 heterocycles. The highest BCUT2D eigenvalue weighted by Crippen LogP contribution is 2.40. The Morgan fingerprint density at radius 1 is 1.24 bits per heavy atom. The molecule has 0 atom stereocenters. The SMILES string of the molecule is O=C(O)CCCC1CCC(Nc2ncnc3sc4c(c23)CCC4)CC1. The number of carboxylic acid groups (broad SMARTS) is 1. The number of fused-ring (bicyclic) bond motifs is 3. The molecule has 2 N–H and O–H groups in total. The van der Waals surface area contributed by atoms with E-state index in [1.807, 2.05) is 11.3 Å². The van der Waals surface area contributed by atoms with E-state index in [9.17, 15) is 4.79 Å². The third kappa shape index (κ3) is 3.64. The van der Waals surface area contributed by atoms with Crippen LogP contribution in [0.25, 0.3) is 10.2 Å². The maximum atomic E-state index is 10.6. The number of aliphatic carboxylic acids is 1. The number of aryl methyl sites for hydroxylation is 2. The summed E-state index contributed by atoms with van der Waals surface area (Å²) in [4.78, 5) is 22.3. The number of nitrogens with zero attached hydrogens (tertiary/aromatic N) is 2. The van der Waals surface area contributed by atoms with Gasteiger partial charge >= 0.3 is 5.97 Å². The number of hydrogen-bond acceptors (Lipinski definition) is 5. The lowest BCUT2D eigenvalue weighted by atomic mass is 9.83. The van der Waals surface area contributed by atoms with E-state index in [4.69, 9.17) is 5.11 Å². The van der Waals surface area contributed by atoms with Crippen LogP contribution in [0.1, 0.15) is 61.8 Å². The average molecular weight is 359 g/mol. The fourth-order valence-electron chi connectivity index (χ4n) is 4.37. The predicted octanol–water partition coefficient (Wildman–Crippen LogP) is 4.41. The molecule has 0 bridgehead atoms. The van der Waals surface area contributed by atoms with Crippen LogP contribution in [0.3, 0.4) is 0 Å². The Labute approximate surface area is 151 Å². The predicted molar refractivity (Wildman–Crippen MR) is 100 cm³/mol. The van der Waals surface area contributed by atoms with Crippen molar-refractivity contribution in [1.82, 2.24) is 9.97 Å². The van der Waals surface area contributed by atoms with Crippen LogP contribution >= 0.6 is 11.3 Å². The van der Waals surface area contributed by atoms with Gasteiger partial charge in [-0.2, -0.15) is 0 Å². The minimum absolute atomic E-state index is 0.306. The van der Waals surface area contributed by atoms with Crippen LogP contribution in [0.5, 0.6) is 0 Å². The van der Waals surface area contributed by atoms with Gasteiger partial charge in [-0.25, -0.2) is 9.97 Å². The van der Waals surface area contributed by atoms with E-state index in [0.717, 1.165) is 42.8 Å². The fourth-order valence-corrected chi connectivity index (χ4v) is 5.60. The zero-order valence-electron chi connectivity index (χ0n) is 14.5. The van der Waals surface area contributed by atoms with E-state index in [2.05, 4.69) is 15.3 Å². The van der Waals surface area contributed by atoms with Crippen molar-refractivity contribution in [3.05, 3.63) is 16.8 Å². The van der Waals surface area contributed by atoms with Gasteiger partial charge in [0.1, 0.15) is 17.0 Å². The molecule has 0 spiro atoms. The number of carbonyl (C=O) groups is 1. The molecule has 5 nitrogen and oxygen atoms in total. The van der Waals surface area contributed by atoms with Gasteiger partial charge in [0.15, 0.2) is 0 Å². The summed E-state index contributed by atoms with van der Waals surface area (Å²) in [7, 11) is 0. The highest BCUT2D eigenvalue weighted by molar-refractivity contribution is 7.19. The Bertz CT molecular complexity index is 765. The lowest BCUT2D eigenvalue weighted by molar-refractivity contribution is -0.137.